The molecule has 0 fully saturated rings. The molecule has 0 bridgehead atoms. The molecule has 0 saturated carbocycles. The van der Waals surface area contributed by atoms with E-state index < -0.39 is 0 Å². The molecular formula is C10H9BrN2O. The Bertz CT molecular complexity index is 459. The fourth-order valence-corrected chi connectivity index (χ4v) is 1.62. The van der Waals surface area contributed by atoms with E-state index in [1.807, 2.05) is 25.1 Å². The molecule has 2 aromatic rings. The molecule has 72 valence electrons. The lowest BCUT2D eigenvalue weighted by atomic mass is 10.2. The van der Waals surface area contributed by atoms with Crippen molar-refractivity contribution in [1.29, 1.82) is 0 Å². The molecule has 0 aliphatic rings. The van der Waals surface area contributed by atoms with Crippen LogP contribution in [0.2, 0.25) is 0 Å². The van der Waals surface area contributed by atoms with E-state index in [4.69, 9.17) is 4.74 Å². The first-order valence-electron chi connectivity index (χ1n) is 4.34. The largest absolute Gasteiger partial charge is 0.477 e. The number of benzene rings is 1. The maximum atomic E-state index is 5.40. The number of rotatable bonds is 2. The number of halogens is 1. The highest BCUT2D eigenvalue weighted by atomic mass is 79.9. The summed E-state index contributed by atoms with van der Waals surface area (Å²) in [6, 6.07) is 5.84. The molecule has 1 heterocycles. The fourth-order valence-electron chi connectivity index (χ4n) is 1.26. The van der Waals surface area contributed by atoms with Gasteiger partial charge in [0, 0.05) is 4.47 Å². The lowest BCUT2D eigenvalue weighted by Crippen LogP contribution is -1.96. The topological polar surface area (TPSA) is 35.0 Å². The van der Waals surface area contributed by atoms with Crippen molar-refractivity contribution in [2.45, 2.75) is 6.92 Å². The van der Waals surface area contributed by atoms with Crippen LogP contribution in [0.5, 0.6) is 5.88 Å². The third-order valence-electron chi connectivity index (χ3n) is 1.84. The molecule has 14 heavy (non-hydrogen) atoms. The van der Waals surface area contributed by atoms with Crippen LogP contribution in [-0.4, -0.2) is 16.6 Å². The molecule has 2 rings (SSSR count). The van der Waals surface area contributed by atoms with Crippen molar-refractivity contribution in [3.05, 3.63) is 29.0 Å². The van der Waals surface area contributed by atoms with Crippen LogP contribution < -0.4 is 4.74 Å². The highest BCUT2D eigenvalue weighted by molar-refractivity contribution is 9.10. The van der Waals surface area contributed by atoms with Gasteiger partial charge in [0.25, 0.3) is 0 Å². The van der Waals surface area contributed by atoms with Gasteiger partial charge in [-0.2, -0.15) is 0 Å². The molecule has 1 aromatic carbocycles. The van der Waals surface area contributed by atoms with Crippen molar-refractivity contribution >= 4 is 26.8 Å². The maximum Gasteiger partial charge on any atom is 0.224 e. The number of nitrogens with zero attached hydrogens (tertiary/aromatic N) is 2. The molecule has 0 amide bonds. The Hall–Kier alpha value is -1.16. The van der Waals surface area contributed by atoms with E-state index >= 15 is 0 Å². The van der Waals surface area contributed by atoms with E-state index in [1.165, 1.54) is 6.33 Å². The molecule has 0 N–H and O–H groups in total. The van der Waals surface area contributed by atoms with E-state index in [1.54, 1.807) is 0 Å². The molecule has 0 saturated heterocycles. The monoisotopic (exact) mass is 252 g/mol. The minimum absolute atomic E-state index is 0.610. The lowest BCUT2D eigenvalue weighted by Gasteiger charge is -2.04. The smallest absolute Gasteiger partial charge is 0.224 e. The van der Waals surface area contributed by atoms with Gasteiger partial charge in [-0.3, -0.25) is 0 Å². The SMILES string of the molecule is CCOc1ncnc2ccc(Br)cc12. The van der Waals surface area contributed by atoms with Crippen LogP contribution >= 0.6 is 15.9 Å². The van der Waals surface area contributed by atoms with Gasteiger partial charge in [-0.1, -0.05) is 15.9 Å². The van der Waals surface area contributed by atoms with Gasteiger partial charge in [0.2, 0.25) is 5.88 Å². The van der Waals surface area contributed by atoms with E-state index in [0.717, 1.165) is 15.4 Å². The second kappa shape index (κ2) is 3.92. The van der Waals surface area contributed by atoms with Crippen LogP contribution in [0.15, 0.2) is 29.0 Å². The van der Waals surface area contributed by atoms with Crippen molar-refractivity contribution in [1.82, 2.24) is 9.97 Å². The van der Waals surface area contributed by atoms with Crippen molar-refractivity contribution in [2.24, 2.45) is 0 Å². The van der Waals surface area contributed by atoms with Gasteiger partial charge in [-0.15, -0.1) is 0 Å². The number of aromatic nitrogens is 2. The summed E-state index contributed by atoms with van der Waals surface area (Å²) in [5.74, 6) is 0.638. The Morgan fingerprint density at radius 3 is 3.00 bits per heavy atom. The molecule has 0 radical (unpaired) electrons. The standard InChI is InChI=1S/C10H9BrN2O/c1-2-14-10-8-5-7(11)3-4-9(8)12-6-13-10/h3-6H,2H2,1H3. The summed E-state index contributed by atoms with van der Waals surface area (Å²) in [6.45, 7) is 2.55. The molecule has 1 aromatic heterocycles. The second-order valence-corrected chi connectivity index (χ2v) is 3.69. The molecule has 0 unspecified atom stereocenters. The Balaban J connectivity index is 2.64. The number of ether oxygens (including phenoxy) is 1. The fraction of sp³-hybridized carbons (Fsp3) is 0.200. The number of fused-ring (bicyclic) bond motifs is 1. The maximum absolute atomic E-state index is 5.40. The van der Waals surface area contributed by atoms with Gasteiger partial charge < -0.3 is 4.74 Å². The number of hydrogen-bond acceptors (Lipinski definition) is 3. The Labute approximate surface area is 90.3 Å². The zero-order chi connectivity index (χ0) is 9.97. The highest BCUT2D eigenvalue weighted by Crippen LogP contribution is 2.24. The Morgan fingerprint density at radius 1 is 1.36 bits per heavy atom. The van der Waals surface area contributed by atoms with E-state index in [2.05, 4.69) is 25.9 Å². The average Bonchev–Trinajstić information content (AvgIpc) is 2.19. The van der Waals surface area contributed by atoms with Gasteiger partial charge in [-0.25, -0.2) is 9.97 Å². The van der Waals surface area contributed by atoms with Crippen molar-refractivity contribution in [2.75, 3.05) is 6.61 Å². The van der Waals surface area contributed by atoms with Crippen LogP contribution in [0, 0.1) is 0 Å². The van der Waals surface area contributed by atoms with Gasteiger partial charge in [-0.05, 0) is 25.1 Å². The second-order valence-electron chi connectivity index (χ2n) is 2.77. The van der Waals surface area contributed by atoms with Crippen molar-refractivity contribution in [3.63, 3.8) is 0 Å². The van der Waals surface area contributed by atoms with Crippen LogP contribution in [0.3, 0.4) is 0 Å². The molecule has 0 atom stereocenters. The summed E-state index contributed by atoms with van der Waals surface area (Å²) in [6.07, 6.45) is 1.52. The summed E-state index contributed by atoms with van der Waals surface area (Å²) in [4.78, 5) is 8.24. The zero-order valence-electron chi connectivity index (χ0n) is 7.70. The first kappa shape index (κ1) is 9.40. The molecule has 0 aliphatic carbocycles. The predicted molar refractivity (Wildman–Crippen MR) is 58.4 cm³/mol. The van der Waals surface area contributed by atoms with Crippen molar-refractivity contribution < 1.29 is 4.74 Å². The summed E-state index contributed by atoms with van der Waals surface area (Å²) in [5.41, 5.74) is 0.895. The Kier molecular flexibility index (Phi) is 2.63. The van der Waals surface area contributed by atoms with Gasteiger partial charge >= 0.3 is 0 Å². The molecule has 3 nitrogen and oxygen atoms in total. The highest BCUT2D eigenvalue weighted by Gasteiger charge is 2.03. The van der Waals surface area contributed by atoms with Crippen LogP contribution in [-0.2, 0) is 0 Å². The van der Waals surface area contributed by atoms with Gasteiger partial charge in [0.05, 0.1) is 17.5 Å². The molecule has 0 aliphatic heterocycles. The number of hydrogen-bond donors (Lipinski definition) is 0. The summed E-state index contributed by atoms with van der Waals surface area (Å²) >= 11 is 3.41. The lowest BCUT2D eigenvalue weighted by molar-refractivity contribution is 0.331. The van der Waals surface area contributed by atoms with Crippen LogP contribution in [0.1, 0.15) is 6.92 Å². The van der Waals surface area contributed by atoms with Gasteiger partial charge in [0.1, 0.15) is 6.33 Å². The Morgan fingerprint density at radius 2 is 2.21 bits per heavy atom. The van der Waals surface area contributed by atoms with E-state index in [-0.39, 0.29) is 0 Å². The summed E-state index contributed by atoms with van der Waals surface area (Å²) < 4.78 is 6.40. The van der Waals surface area contributed by atoms with E-state index in [9.17, 15) is 0 Å². The first-order valence-corrected chi connectivity index (χ1v) is 5.13. The summed E-state index contributed by atoms with van der Waals surface area (Å²) in [7, 11) is 0. The third kappa shape index (κ3) is 1.70. The van der Waals surface area contributed by atoms with E-state index in [0.29, 0.717) is 12.5 Å². The molecular weight excluding hydrogens is 244 g/mol. The summed E-state index contributed by atoms with van der Waals surface area (Å²) in [5, 5.41) is 0.934. The van der Waals surface area contributed by atoms with Gasteiger partial charge in [0.15, 0.2) is 0 Å². The van der Waals surface area contributed by atoms with Crippen LogP contribution in [0.4, 0.5) is 0 Å². The minimum atomic E-state index is 0.610. The molecule has 0 spiro atoms. The predicted octanol–water partition coefficient (Wildman–Crippen LogP) is 2.79. The van der Waals surface area contributed by atoms with Crippen LogP contribution in [0.25, 0.3) is 10.9 Å². The average molecular weight is 253 g/mol. The normalized spacial score (nSPS) is 10.4. The van der Waals surface area contributed by atoms with Crippen molar-refractivity contribution in [3.8, 4) is 5.88 Å². The minimum Gasteiger partial charge on any atom is -0.477 e. The quantitative estimate of drug-likeness (QED) is 0.825. The third-order valence-corrected chi connectivity index (χ3v) is 2.34. The first-order chi connectivity index (χ1) is 6.81. The molecule has 4 heteroatoms. The zero-order valence-corrected chi connectivity index (χ0v) is 9.28.